The number of hydrogen-bond acceptors (Lipinski definition) is 8. The molecule has 0 aliphatic heterocycles. The van der Waals surface area contributed by atoms with E-state index in [4.69, 9.17) is 16.3 Å². The van der Waals surface area contributed by atoms with Crippen LogP contribution in [0.1, 0.15) is 20.7 Å². The first-order chi connectivity index (χ1) is 16.3. The highest BCUT2D eigenvalue weighted by molar-refractivity contribution is 6.34. The van der Waals surface area contributed by atoms with Crippen molar-refractivity contribution in [2.75, 3.05) is 5.32 Å². The van der Waals surface area contributed by atoms with Crippen LogP contribution in [0.5, 0.6) is 0 Å². The van der Waals surface area contributed by atoms with Gasteiger partial charge in [0.05, 0.1) is 32.1 Å². The minimum absolute atomic E-state index is 0.00989. The Bertz CT molecular complexity index is 1500. The first kappa shape index (κ1) is 22.6. The quantitative estimate of drug-likeness (QED) is 0.251. The van der Waals surface area contributed by atoms with Crippen molar-refractivity contribution in [1.29, 1.82) is 0 Å². The standard InChI is InChI=1S/C22H14ClN5O6/c23-17-11-13(28(32)33)9-10-14(17)20(29)24-18-7-3-2-6-16(18)22(31)34-12-27-21(30)15-5-1-4-8-19(15)25-26-27/h1-11H,12H2,(H,24,29). The number of anilines is 1. The third-order valence-corrected chi connectivity index (χ3v) is 5.06. The van der Waals surface area contributed by atoms with Gasteiger partial charge in [-0.3, -0.25) is 19.7 Å². The van der Waals surface area contributed by atoms with Gasteiger partial charge in [-0.2, -0.15) is 4.68 Å². The average molecular weight is 480 g/mol. The Morgan fingerprint density at radius 1 is 1.06 bits per heavy atom. The van der Waals surface area contributed by atoms with Gasteiger partial charge in [-0.05, 0) is 30.3 Å². The lowest BCUT2D eigenvalue weighted by Crippen LogP contribution is -2.26. The molecule has 12 heteroatoms. The van der Waals surface area contributed by atoms with Crippen LogP contribution in [-0.4, -0.2) is 31.8 Å². The molecule has 1 aromatic heterocycles. The summed E-state index contributed by atoms with van der Waals surface area (Å²) in [5.41, 5.74) is -0.230. The maximum absolute atomic E-state index is 12.7. The van der Waals surface area contributed by atoms with Crippen LogP contribution in [0.3, 0.4) is 0 Å². The zero-order chi connectivity index (χ0) is 24.2. The maximum atomic E-state index is 12.7. The Hall–Kier alpha value is -4.64. The molecule has 1 N–H and O–H groups in total. The van der Waals surface area contributed by atoms with E-state index in [1.165, 1.54) is 18.2 Å². The summed E-state index contributed by atoms with van der Waals surface area (Å²) < 4.78 is 6.11. The average Bonchev–Trinajstić information content (AvgIpc) is 2.83. The highest BCUT2D eigenvalue weighted by Gasteiger charge is 2.19. The lowest BCUT2D eigenvalue weighted by atomic mass is 10.1. The second-order valence-electron chi connectivity index (χ2n) is 6.89. The van der Waals surface area contributed by atoms with E-state index in [-0.39, 0.29) is 27.5 Å². The summed E-state index contributed by atoms with van der Waals surface area (Å²) in [5.74, 6) is -1.51. The van der Waals surface area contributed by atoms with E-state index in [2.05, 4.69) is 15.6 Å². The number of nitro groups is 1. The van der Waals surface area contributed by atoms with Crippen LogP contribution in [-0.2, 0) is 11.5 Å². The summed E-state index contributed by atoms with van der Waals surface area (Å²) >= 11 is 6.01. The van der Waals surface area contributed by atoms with Crippen LogP contribution in [0.2, 0.25) is 5.02 Å². The van der Waals surface area contributed by atoms with Crippen LogP contribution < -0.4 is 10.9 Å². The molecule has 0 saturated carbocycles. The van der Waals surface area contributed by atoms with Crippen LogP contribution in [0, 0.1) is 10.1 Å². The largest absolute Gasteiger partial charge is 0.438 e. The molecule has 0 radical (unpaired) electrons. The van der Waals surface area contributed by atoms with E-state index >= 15 is 0 Å². The zero-order valence-electron chi connectivity index (χ0n) is 17.2. The molecule has 4 rings (SSSR count). The van der Waals surface area contributed by atoms with Gasteiger partial charge in [0.15, 0.2) is 6.73 Å². The number of halogens is 1. The van der Waals surface area contributed by atoms with Crippen molar-refractivity contribution in [3.8, 4) is 0 Å². The fourth-order valence-corrected chi connectivity index (χ4v) is 3.33. The van der Waals surface area contributed by atoms with Crippen molar-refractivity contribution in [3.05, 3.63) is 103 Å². The van der Waals surface area contributed by atoms with Gasteiger partial charge in [-0.25, -0.2) is 4.79 Å². The minimum atomic E-state index is -0.826. The molecule has 0 saturated heterocycles. The molecule has 1 heterocycles. The number of non-ortho nitro benzene ring substituents is 1. The van der Waals surface area contributed by atoms with Gasteiger partial charge >= 0.3 is 5.97 Å². The second kappa shape index (κ2) is 9.46. The van der Waals surface area contributed by atoms with Crippen LogP contribution in [0.15, 0.2) is 71.5 Å². The number of hydrogen-bond donors (Lipinski definition) is 1. The summed E-state index contributed by atoms with van der Waals surface area (Å²) in [5, 5.41) is 21.3. The SMILES string of the molecule is O=C(Nc1ccccc1C(=O)OCn1nnc2ccccc2c1=O)c1ccc([N+](=O)[O-])cc1Cl. The van der Waals surface area contributed by atoms with Crippen molar-refractivity contribution in [2.24, 2.45) is 0 Å². The molecule has 0 bridgehead atoms. The Morgan fingerprint density at radius 3 is 2.56 bits per heavy atom. The highest BCUT2D eigenvalue weighted by atomic mass is 35.5. The van der Waals surface area contributed by atoms with Crippen LogP contribution >= 0.6 is 11.6 Å². The fourth-order valence-electron chi connectivity index (χ4n) is 3.07. The van der Waals surface area contributed by atoms with Crippen molar-refractivity contribution < 1.29 is 19.2 Å². The summed E-state index contributed by atoms with van der Waals surface area (Å²) in [7, 11) is 0. The fraction of sp³-hybridized carbons (Fsp3) is 0.0455. The van der Waals surface area contributed by atoms with E-state index in [0.29, 0.717) is 10.9 Å². The molecular formula is C22H14ClN5O6. The lowest BCUT2D eigenvalue weighted by Gasteiger charge is -2.12. The number of rotatable bonds is 6. The molecule has 11 nitrogen and oxygen atoms in total. The van der Waals surface area contributed by atoms with E-state index < -0.39 is 29.1 Å². The third kappa shape index (κ3) is 4.59. The molecule has 1 amide bonds. The smallest absolute Gasteiger partial charge is 0.342 e. The normalized spacial score (nSPS) is 10.6. The van der Waals surface area contributed by atoms with E-state index in [1.807, 2.05) is 0 Å². The van der Waals surface area contributed by atoms with Crippen molar-refractivity contribution in [2.45, 2.75) is 6.73 Å². The number of ether oxygens (including phenoxy) is 1. The number of carbonyl (C=O) groups excluding carboxylic acids is 2. The van der Waals surface area contributed by atoms with Gasteiger partial charge in [0.25, 0.3) is 17.2 Å². The molecule has 0 unspecified atom stereocenters. The molecule has 34 heavy (non-hydrogen) atoms. The number of nitrogens with one attached hydrogen (secondary N) is 1. The number of nitrogens with zero attached hydrogens (tertiary/aromatic N) is 4. The van der Waals surface area contributed by atoms with Gasteiger partial charge in [0, 0.05) is 12.1 Å². The highest BCUT2D eigenvalue weighted by Crippen LogP contribution is 2.24. The first-order valence-corrected chi connectivity index (χ1v) is 10.1. The van der Waals surface area contributed by atoms with E-state index in [1.54, 1.807) is 36.4 Å². The number of benzene rings is 3. The van der Waals surface area contributed by atoms with Gasteiger partial charge < -0.3 is 10.1 Å². The summed E-state index contributed by atoms with van der Waals surface area (Å²) in [6.07, 6.45) is 0. The summed E-state index contributed by atoms with van der Waals surface area (Å²) in [4.78, 5) is 48.1. The van der Waals surface area contributed by atoms with Gasteiger partial charge in [-0.15, -0.1) is 5.10 Å². The Morgan fingerprint density at radius 2 is 1.79 bits per heavy atom. The second-order valence-corrected chi connectivity index (χ2v) is 7.30. The van der Waals surface area contributed by atoms with Gasteiger partial charge in [0.2, 0.25) is 0 Å². The number of para-hydroxylation sites is 1. The molecule has 0 atom stereocenters. The van der Waals surface area contributed by atoms with E-state index in [9.17, 15) is 24.5 Å². The maximum Gasteiger partial charge on any atom is 0.342 e. The molecule has 3 aromatic carbocycles. The number of esters is 1. The summed E-state index contributed by atoms with van der Waals surface area (Å²) in [6.45, 7) is -0.494. The predicted octanol–water partition coefficient (Wildman–Crippen LogP) is 3.42. The zero-order valence-corrected chi connectivity index (χ0v) is 17.9. The van der Waals surface area contributed by atoms with Crippen LogP contribution in [0.4, 0.5) is 11.4 Å². The van der Waals surface area contributed by atoms with Crippen molar-refractivity contribution in [1.82, 2.24) is 15.0 Å². The molecule has 0 aliphatic rings. The summed E-state index contributed by atoms with van der Waals surface area (Å²) in [6, 6.07) is 16.1. The monoisotopic (exact) mass is 479 g/mol. The minimum Gasteiger partial charge on any atom is -0.438 e. The number of carbonyl (C=O) groups is 2. The topological polar surface area (TPSA) is 146 Å². The molecule has 0 spiro atoms. The van der Waals surface area contributed by atoms with Gasteiger partial charge in [0.1, 0.15) is 5.52 Å². The molecule has 170 valence electrons. The lowest BCUT2D eigenvalue weighted by molar-refractivity contribution is -0.384. The number of fused-ring (bicyclic) bond motifs is 1. The van der Waals surface area contributed by atoms with Gasteiger partial charge in [-0.1, -0.05) is 41.1 Å². The van der Waals surface area contributed by atoms with E-state index in [0.717, 1.165) is 16.8 Å². The number of nitro benzene ring substituents is 1. The van der Waals surface area contributed by atoms with Crippen molar-refractivity contribution in [3.63, 3.8) is 0 Å². The van der Waals surface area contributed by atoms with Crippen molar-refractivity contribution >= 4 is 45.8 Å². The Kier molecular flexibility index (Phi) is 6.28. The molecular weight excluding hydrogens is 466 g/mol. The number of aromatic nitrogens is 3. The number of amides is 1. The molecule has 4 aromatic rings. The third-order valence-electron chi connectivity index (χ3n) is 4.75. The Balaban J connectivity index is 1.52. The Labute approximate surface area is 195 Å². The van der Waals surface area contributed by atoms with Crippen LogP contribution in [0.25, 0.3) is 10.9 Å². The molecule has 0 aliphatic carbocycles. The first-order valence-electron chi connectivity index (χ1n) is 9.69. The molecule has 0 fully saturated rings. The predicted molar refractivity (Wildman–Crippen MR) is 122 cm³/mol.